The summed E-state index contributed by atoms with van der Waals surface area (Å²) in [6, 6.07) is 3.95. The van der Waals surface area contributed by atoms with E-state index in [1.54, 1.807) is 6.08 Å². The van der Waals surface area contributed by atoms with E-state index in [4.69, 9.17) is 27.9 Å². The number of aryl methyl sites for hydroxylation is 1. The van der Waals surface area contributed by atoms with Gasteiger partial charge < -0.3 is 4.74 Å². The second kappa shape index (κ2) is 6.17. The lowest BCUT2D eigenvalue weighted by molar-refractivity contribution is 0.357. The fraction of sp³-hybridized carbons (Fsp3) is 0.385. The van der Waals surface area contributed by atoms with Crippen molar-refractivity contribution in [1.82, 2.24) is 0 Å². The van der Waals surface area contributed by atoms with Gasteiger partial charge in [0.15, 0.2) is 0 Å². The second-order valence-corrected chi connectivity index (χ2v) is 4.63. The average molecular weight is 259 g/mol. The third-order valence-corrected chi connectivity index (χ3v) is 2.92. The summed E-state index contributed by atoms with van der Waals surface area (Å²) in [6.45, 7) is 6.68. The standard InChI is InChI=1S/C13H16Cl2O/c1-9(2)11-8-12(15)10(3)7-13(11)16-6-4-5-14/h4-5,7-9H,6H2,1-3H3/b5-4+. The number of ether oxygens (including phenoxy) is 1. The molecule has 0 aliphatic carbocycles. The van der Waals surface area contributed by atoms with Crippen LogP contribution in [0.3, 0.4) is 0 Å². The summed E-state index contributed by atoms with van der Waals surface area (Å²) in [5.41, 5.74) is 3.60. The number of hydrogen-bond acceptors (Lipinski definition) is 1. The average Bonchev–Trinajstić information content (AvgIpc) is 2.23. The van der Waals surface area contributed by atoms with E-state index in [1.807, 2.05) is 19.1 Å². The van der Waals surface area contributed by atoms with Crippen molar-refractivity contribution < 1.29 is 4.74 Å². The van der Waals surface area contributed by atoms with Gasteiger partial charge in [-0.1, -0.05) is 37.0 Å². The maximum Gasteiger partial charge on any atom is 0.123 e. The molecule has 1 nitrogen and oxygen atoms in total. The topological polar surface area (TPSA) is 9.23 Å². The van der Waals surface area contributed by atoms with Crippen molar-refractivity contribution in [3.05, 3.63) is 39.9 Å². The molecule has 1 aromatic carbocycles. The van der Waals surface area contributed by atoms with Gasteiger partial charge in [-0.15, -0.1) is 0 Å². The summed E-state index contributed by atoms with van der Waals surface area (Å²) < 4.78 is 5.64. The molecule has 0 fully saturated rings. The van der Waals surface area contributed by atoms with Crippen molar-refractivity contribution in [3.63, 3.8) is 0 Å². The first-order valence-corrected chi connectivity index (χ1v) is 6.05. The molecule has 0 bridgehead atoms. The van der Waals surface area contributed by atoms with E-state index in [0.29, 0.717) is 12.5 Å². The van der Waals surface area contributed by atoms with Crippen molar-refractivity contribution >= 4 is 23.2 Å². The van der Waals surface area contributed by atoms with Crippen LogP contribution in [0.15, 0.2) is 23.7 Å². The van der Waals surface area contributed by atoms with Crippen LogP contribution in [0.5, 0.6) is 5.75 Å². The highest BCUT2D eigenvalue weighted by molar-refractivity contribution is 6.31. The molecule has 1 aromatic rings. The third kappa shape index (κ3) is 3.43. The molecule has 3 heteroatoms. The largest absolute Gasteiger partial charge is 0.489 e. The maximum atomic E-state index is 6.10. The van der Waals surface area contributed by atoms with E-state index in [2.05, 4.69) is 13.8 Å². The Morgan fingerprint density at radius 1 is 1.38 bits per heavy atom. The molecule has 0 amide bonds. The number of hydrogen-bond donors (Lipinski definition) is 0. The Morgan fingerprint density at radius 3 is 2.62 bits per heavy atom. The van der Waals surface area contributed by atoms with Crippen LogP contribution in [0.4, 0.5) is 0 Å². The van der Waals surface area contributed by atoms with Gasteiger partial charge in [-0.3, -0.25) is 0 Å². The first kappa shape index (κ1) is 13.4. The van der Waals surface area contributed by atoms with Crippen molar-refractivity contribution in [2.24, 2.45) is 0 Å². The van der Waals surface area contributed by atoms with Crippen LogP contribution < -0.4 is 4.74 Å². The summed E-state index contributed by atoms with van der Waals surface area (Å²) >= 11 is 11.5. The van der Waals surface area contributed by atoms with Gasteiger partial charge in [0.25, 0.3) is 0 Å². The Morgan fingerprint density at radius 2 is 2.06 bits per heavy atom. The van der Waals surface area contributed by atoms with Crippen molar-refractivity contribution in [1.29, 1.82) is 0 Å². The first-order chi connectivity index (χ1) is 7.56. The maximum absolute atomic E-state index is 6.10. The lowest BCUT2D eigenvalue weighted by atomic mass is 10.0. The Labute approximate surface area is 107 Å². The van der Waals surface area contributed by atoms with E-state index in [9.17, 15) is 0 Å². The van der Waals surface area contributed by atoms with Gasteiger partial charge in [-0.25, -0.2) is 0 Å². The van der Waals surface area contributed by atoms with Crippen molar-refractivity contribution in [2.75, 3.05) is 6.61 Å². The highest BCUT2D eigenvalue weighted by atomic mass is 35.5. The molecule has 0 unspecified atom stereocenters. The smallest absolute Gasteiger partial charge is 0.123 e. The molecule has 0 saturated heterocycles. The van der Waals surface area contributed by atoms with E-state index >= 15 is 0 Å². The molecule has 0 heterocycles. The third-order valence-electron chi connectivity index (χ3n) is 2.34. The second-order valence-electron chi connectivity index (χ2n) is 3.97. The molecule has 0 aliphatic rings. The van der Waals surface area contributed by atoms with E-state index < -0.39 is 0 Å². The summed E-state index contributed by atoms with van der Waals surface area (Å²) in [7, 11) is 0. The van der Waals surface area contributed by atoms with E-state index in [0.717, 1.165) is 21.9 Å². The summed E-state index contributed by atoms with van der Waals surface area (Å²) in [4.78, 5) is 0. The van der Waals surface area contributed by atoms with Gasteiger partial charge >= 0.3 is 0 Å². The molecule has 0 aromatic heterocycles. The van der Waals surface area contributed by atoms with E-state index in [-0.39, 0.29) is 0 Å². The zero-order valence-corrected chi connectivity index (χ0v) is 11.3. The summed E-state index contributed by atoms with van der Waals surface area (Å²) in [6.07, 6.45) is 1.76. The molecular weight excluding hydrogens is 243 g/mol. The first-order valence-electron chi connectivity index (χ1n) is 5.24. The minimum absolute atomic E-state index is 0.382. The van der Waals surface area contributed by atoms with Crippen molar-refractivity contribution in [2.45, 2.75) is 26.7 Å². The van der Waals surface area contributed by atoms with Gasteiger partial charge in [0.2, 0.25) is 0 Å². The quantitative estimate of drug-likeness (QED) is 0.747. The molecule has 16 heavy (non-hydrogen) atoms. The van der Waals surface area contributed by atoms with E-state index in [1.165, 1.54) is 5.54 Å². The Balaban J connectivity index is 3.00. The molecular formula is C13H16Cl2O. The molecule has 1 rings (SSSR count). The lowest BCUT2D eigenvalue weighted by Crippen LogP contribution is -2.00. The zero-order chi connectivity index (χ0) is 12.1. The highest BCUT2D eigenvalue weighted by Crippen LogP contribution is 2.31. The monoisotopic (exact) mass is 258 g/mol. The van der Waals surface area contributed by atoms with Gasteiger partial charge in [0.1, 0.15) is 12.4 Å². The molecule has 0 saturated carbocycles. The van der Waals surface area contributed by atoms with Gasteiger partial charge in [-0.2, -0.15) is 0 Å². The fourth-order valence-electron chi connectivity index (χ4n) is 1.42. The molecule has 0 radical (unpaired) electrons. The normalized spacial score (nSPS) is 11.4. The number of halogens is 2. The van der Waals surface area contributed by atoms with Crippen LogP contribution in [0.2, 0.25) is 5.02 Å². The summed E-state index contributed by atoms with van der Waals surface area (Å²) in [5, 5.41) is 0.781. The fourth-order valence-corrected chi connectivity index (χ4v) is 1.67. The van der Waals surface area contributed by atoms with Crippen LogP contribution in [0.25, 0.3) is 0 Å². The highest BCUT2D eigenvalue weighted by Gasteiger charge is 2.10. The van der Waals surface area contributed by atoms with Crippen LogP contribution in [0.1, 0.15) is 30.9 Å². The minimum atomic E-state index is 0.382. The molecule has 0 aliphatic heterocycles. The summed E-state index contributed by atoms with van der Waals surface area (Å²) in [5.74, 6) is 1.26. The lowest BCUT2D eigenvalue weighted by Gasteiger charge is -2.15. The Hall–Kier alpha value is -0.660. The Bertz CT molecular complexity index is 384. The molecule has 0 spiro atoms. The zero-order valence-electron chi connectivity index (χ0n) is 9.76. The van der Waals surface area contributed by atoms with Crippen molar-refractivity contribution in [3.8, 4) is 5.75 Å². The van der Waals surface area contributed by atoms with Gasteiger partial charge in [-0.05, 0) is 42.2 Å². The van der Waals surface area contributed by atoms with Gasteiger partial charge in [0.05, 0.1) is 0 Å². The predicted molar refractivity (Wildman–Crippen MR) is 70.8 cm³/mol. The Kier molecular flexibility index (Phi) is 5.17. The number of rotatable bonds is 4. The SMILES string of the molecule is Cc1cc(OC/C=C/Cl)c(C(C)C)cc1Cl. The molecule has 0 atom stereocenters. The number of benzene rings is 1. The van der Waals surface area contributed by atoms with Crippen LogP contribution in [-0.4, -0.2) is 6.61 Å². The van der Waals surface area contributed by atoms with Crippen LogP contribution in [0, 0.1) is 6.92 Å². The van der Waals surface area contributed by atoms with Gasteiger partial charge in [0, 0.05) is 10.6 Å². The van der Waals surface area contributed by atoms with Crippen LogP contribution >= 0.6 is 23.2 Å². The van der Waals surface area contributed by atoms with Crippen LogP contribution in [-0.2, 0) is 0 Å². The predicted octanol–water partition coefficient (Wildman–Crippen LogP) is 4.90. The molecule has 88 valence electrons. The molecule has 0 N–H and O–H groups in total. The minimum Gasteiger partial charge on any atom is -0.489 e.